The van der Waals surface area contributed by atoms with Gasteiger partial charge in [-0.2, -0.15) is 18.4 Å². The van der Waals surface area contributed by atoms with Crippen molar-refractivity contribution < 1.29 is 31.8 Å². The van der Waals surface area contributed by atoms with Gasteiger partial charge in [0.15, 0.2) is 10.7 Å². The highest BCUT2D eigenvalue weighted by Crippen LogP contribution is 2.42. The van der Waals surface area contributed by atoms with Crippen molar-refractivity contribution in [2.24, 2.45) is 5.92 Å². The highest BCUT2D eigenvalue weighted by atomic mass is 32.1. The molecule has 1 aliphatic rings. The van der Waals surface area contributed by atoms with Crippen molar-refractivity contribution in [3.8, 4) is 6.07 Å². The van der Waals surface area contributed by atoms with Crippen LogP contribution in [0.5, 0.6) is 0 Å². The molecule has 1 saturated heterocycles. The Morgan fingerprint density at radius 2 is 1.96 bits per heavy atom. The maximum atomic E-state index is 13.8. The Labute approximate surface area is 163 Å². The highest BCUT2D eigenvalue weighted by molar-refractivity contribution is 7.80. The summed E-state index contributed by atoms with van der Waals surface area (Å²) in [7, 11) is 0. The number of nitrogens with zero attached hydrogens (tertiary/aromatic N) is 2. The van der Waals surface area contributed by atoms with Gasteiger partial charge >= 0.3 is 6.18 Å². The van der Waals surface area contributed by atoms with Crippen LogP contribution in [-0.4, -0.2) is 21.7 Å². The van der Waals surface area contributed by atoms with E-state index in [2.05, 4.69) is 17.2 Å². The summed E-state index contributed by atoms with van der Waals surface area (Å²) in [5, 5.41) is 18.4. The van der Waals surface area contributed by atoms with Crippen LogP contribution in [-0.2, 0) is 17.3 Å². The van der Waals surface area contributed by atoms with E-state index in [0.29, 0.717) is 6.42 Å². The molecule has 152 valence electrons. The first kappa shape index (κ1) is 22.0. The van der Waals surface area contributed by atoms with Crippen molar-refractivity contribution in [1.29, 1.82) is 5.26 Å². The van der Waals surface area contributed by atoms with Crippen molar-refractivity contribution in [2.45, 2.75) is 45.7 Å². The van der Waals surface area contributed by atoms with Gasteiger partial charge in [0.25, 0.3) is 6.43 Å². The normalized spacial score (nSPS) is 16.3. The standard InChI is InChI=1S/C18H17F5N2O2S/c1-8(2)6-9-12(10(7-24)11-4-3-5-27-11)15(18(21,22)23)25-14(16(19)20)13(9)17(26)28/h8,16H,3-6H2,1-2H3,(H,26,28). The monoisotopic (exact) mass is 420 g/mol. The molecule has 0 amide bonds. The van der Waals surface area contributed by atoms with E-state index >= 15 is 0 Å². The number of allylic oxidation sites excluding steroid dienone is 2. The lowest BCUT2D eigenvalue weighted by atomic mass is 9.87. The number of pyridine rings is 1. The average molecular weight is 420 g/mol. The molecule has 10 heteroatoms. The maximum absolute atomic E-state index is 13.8. The zero-order chi connectivity index (χ0) is 21.2. The van der Waals surface area contributed by atoms with E-state index in [4.69, 9.17) is 4.74 Å². The number of alkyl halides is 5. The van der Waals surface area contributed by atoms with Crippen LogP contribution in [0, 0.1) is 17.2 Å². The first-order valence-electron chi connectivity index (χ1n) is 8.40. The molecule has 0 radical (unpaired) electrons. The van der Waals surface area contributed by atoms with Crippen LogP contribution in [0.15, 0.2) is 5.76 Å². The summed E-state index contributed by atoms with van der Waals surface area (Å²) in [6.45, 7) is 3.55. The summed E-state index contributed by atoms with van der Waals surface area (Å²) in [6, 6.07) is 1.70. The van der Waals surface area contributed by atoms with E-state index < -0.39 is 45.7 Å². The van der Waals surface area contributed by atoms with Gasteiger partial charge in [0.2, 0.25) is 0 Å². The number of hydrogen-bond acceptors (Lipinski definition) is 4. The smallest absolute Gasteiger partial charge is 0.434 e. The molecule has 0 saturated carbocycles. The van der Waals surface area contributed by atoms with Crippen molar-refractivity contribution in [2.75, 3.05) is 6.61 Å². The van der Waals surface area contributed by atoms with E-state index in [-0.39, 0.29) is 36.7 Å². The predicted octanol–water partition coefficient (Wildman–Crippen LogP) is 5.52. The molecular formula is C18H17F5N2O2S. The van der Waals surface area contributed by atoms with Crippen LogP contribution in [0.1, 0.15) is 61.2 Å². The number of hydrogen-bond donors (Lipinski definition) is 1. The Morgan fingerprint density at radius 3 is 2.36 bits per heavy atom. The van der Waals surface area contributed by atoms with Crippen LogP contribution in [0.3, 0.4) is 0 Å². The van der Waals surface area contributed by atoms with Crippen LogP contribution >= 0.6 is 12.2 Å². The van der Waals surface area contributed by atoms with E-state index in [1.54, 1.807) is 19.9 Å². The van der Waals surface area contributed by atoms with Gasteiger partial charge in [-0.25, -0.2) is 13.8 Å². The summed E-state index contributed by atoms with van der Waals surface area (Å²) < 4.78 is 73.5. The molecule has 1 aliphatic heterocycles. The number of rotatable bonds is 5. The van der Waals surface area contributed by atoms with Crippen molar-refractivity contribution >= 4 is 22.8 Å². The maximum Gasteiger partial charge on any atom is 0.434 e. The molecule has 0 aromatic carbocycles. The molecule has 0 aliphatic carbocycles. The third-order valence-electron chi connectivity index (χ3n) is 4.10. The second-order valence-corrected chi connectivity index (χ2v) is 7.02. The third-order valence-corrected chi connectivity index (χ3v) is 4.30. The van der Waals surface area contributed by atoms with E-state index in [1.165, 1.54) is 0 Å². The molecule has 0 atom stereocenters. The van der Waals surface area contributed by atoms with Gasteiger partial charge in [0.05, 0.1) is 17.7 Å². The zero-order valence-corrected chi connectivity index (χ0v) is 15.8. The van der Waals surface area contributed by atoms with E-state index in [1.807, 2.05) is 0 Å². The van der Waals surface area contributed by atoms with E-state index in [9.17, 15) is 32.3 Å². The molecule has 0 bridgehead atoms. The van der Waals surface area contributed by atoms with Crippen LogP contribution in [0.2, 0.25) is 0 Å². The van der Waals surface area contributed by atoms with Gasteiger partial charge in [0.1, 0.15) is 17.5 Å². The molecule has 1 N–H and O–H groups in total. The summed E-state index contributed by atoms with van der Waals surface area (Å²) >= 11 is 4.63. The molecule has 2 heterocycles. The summed E-state index contributed by atoms with van der Waals surface area (Å²) in [5.74, 6) is -0.241. The Balaban J connectivity index is 3.05. The topological polar surface area (TPSA) is 66.1 Å². The van der Waals surface area contributed by atoms with E-state index in [0.717, 1.165) is 0 Å². The molecule has 28 heavy (non-hydrogen) atoms. The van der Waals surface area contributed by atoms with Gasteiger partial charge < -0.3 is 9.84 Å². The largest absolute Gasteiger partial charge is 0.498 e. The number of thiocarbonyl (C=S) groups is 1. The Hall–Kier alpha value is -2.28. The van der Waals surface area contributed by atoms with Crippen LogP contribution in [0.4, 0.5) is 22.0 Å². The fourth-order valence-corrected chi connectivity index (χ4v) is 3.32. The molecule has 1 fully saturated rings. The molecule has 1 aromatic heterocycles. The summed E-state index contributed by atoms with van der Waals surface area (Å²) in [4.78, 5) is 3.11. The molecule has 2 rings (SSSR count). The number of ether oxygens (including phenoxy) is 1. The molecular weight excluding hydrogens is 403 g/mol. The first-order chi connectivity index (χ1) is 13.0. The summed E-state index contributed by atoms with van der Waals surface area (Å²) in [5.41, 5.74) is -4.86. The average Bonchev–Trinajstić information content (AvgIpc) is 3.08. The number of aromatic nitrogens is 1. The number of halogens is 5. The second kappa shape index (κ2) is 8.39. The third kappa shape index (κ3) is 4.41. The van der Waals surface area contributed by atoms with Crippen molar-refractivity contribution in [3.63, 3.8) is 0 Å². The molecule has 4 nitrogen and oxygen atoms in total. The van der Waals surface area contributed by atoms with Gasteiger partial charge in [-0.3, -0.25) is 0 Å². The number of nitriles is 1. The number of aliphatic hydroxyl groups is 1. The lowest BCUT2D eigenvalue weighted by Crippen LogP contribution is -2.21. The minimum Gasteiger partial charge on any atom is -0.498 e. The highest BCUT2D eigenvalue weighted by Gasteiger charge is 2.42. The fraction of sp³-hybridized carbons (Fsp3) is 0.500. The molecule has 0 spiro atoms. The Bertz CT molecular complexity index is 849. The Kier molecular flexibility index (Phi) is 6.59. The first-order valence-corrected chi connectivity index (χ1v) is 8.81. The molecule has 1 aromatic rings. The van der Waals surface area contributed by atoms with Crippen molar-refractivity contribution in [3.05, 3.63) is 33.8 Å². The van der Waals surface area contributed by atoms with Gasteiger partial charge in [-0.1, -0.05) is 13.8 Å². The predicted molar refractivity (Wildman–Crippen MR) is 94.8 cm³/mol. The lowest BCUT2D eigenvalue weighted by Gasteiger charge is -2.22. The van der Waals surface area contributed by atoms with Gasteiger partial charge in [0, 0.05) is 12.0 Å². The van der Waals surface area contributed by atoms with Crippen molar-refractivity contribution in [1.82, 2.24) is 4.98 Å². The molecule has 0 unspecified atom stereocenters. The number of aliphatic hydroxyl groups excluding tert-OH is 1. The van der Waals surface area contributed by atoms with Crippen LogP contribution < -0.4 is 0 Å². The quantitative estimate of drug-likeness (QED) is 0.386. The fourth-order valence-electron chi connectivity index (χ4n) is 3.09. The zero-order valence-electron chi connectivity index (χ0n) is 15.0. The van der Waals surface area contributed by atoms with Gasteiger partial charge in [-0.05, 0) is 36.5 Å². The lowest BCUT2D eigenvalue weighted by molar-refractivity contribution is -0.141. The van der Waals surface area contributed by atoms with Crippen LogP contribution in [0.25, 0.3) is 5.57 Å². The SMILES string of the molecule is CC(C)Cc1c(C(O)=S)c(C(F)F)nc(C(F)(F)F)c1C(C#N)=C1CCCO1. The van der Waals surface area contributed by atoms with Gasteiger partial charge in [-0.15, -0.1) is 0 Å². The summed E-state index contributed by atoms with van der Waals surface area (Å²) in [6.07, 6.45) is -7.90. The second-order valence-electron chi connectivity index (χ2n) is 6.64. The Morgan fingerprint density at radius 1 is 1.32 bits per heavy atom. The minimum absolute atomic E-state index is 0.0411. The minimum atomic E-state index is -5.11.